The molecule has 0 bridgehead atoms. The van der Waals surface area contributed by atoms with Crippen LogP contribution in [0.3, 0.4) is 0 Å². The number of nitrogens with zero attached hydrogens (tertiary/aromatic N) is 3. The van der Waals surface area contributed by atoms with E-state index in [1.165, 1.54) is 0 Å². The highest BCUT2D eigenvalue weighted by atomic mass is 16.5. The molecule has 0 aliphatic carbocycles. The van der Waals surface area contributed by atoms with Gasteiger partial charge in [0.25, 0.3) is 0 Å². The molecule has 1 aliphatic rings. The molecule has 1 saturated heterocycles. The summed E-state index contributed by atoms with van der Waals surface area (Å²) in [5.74, 6) is 0.772. The molecule has 2 rings (SSSR count). The first kappa shape index (κ1) is 13.8. The number of nitriles is 1. The highest BCUT2D eigenvalue weighted by Crippen LogP contribution is 2.16. The van der Waals surface area contributed by atoms with Crippen LogP contribution in [0, 0.1) is 18.3 Å². The van der Waals surface area contributed by atoms with Gasteiger partial charge in [0.05, 0.1) is 18.4 Å². The summed E-state index contributed by atoms with van der Waals surface area (Å²) in [6.07, 6.45) is 2.52. The summed E-state index contributed by atoms with van der Waals surface area (Å²) >= 11 is 0. The largest absolute Gasteiger partial charge is 0.376 e. The van der Waals surface area contributed by atoms with Crippen LogP contribution in [0.25, 0.3) is 0 Å². The van der Waals surface area contributed by atoms with Gasteiger partial charge in [-0.25, -0.2) is 0 Å². The van der Waals surface area contributed by atoms with Gasteiger partial charge in [-0.3, -0.25) is 4.68 Å². The van der Waals surface area contributed by atoms with Crippen LogP contribution >= 0.6 is 0 Å². The number of aromatic nitrogens is 2. The Morgan fingerprint density at radius 1 is 1.53 bits per heavy atom. The highest BCUT2D eigenvalue weighted by Gasteiger charge is 2.14. The third-order valence-electron chi connectivity index (χ3n) is 3.37. The minimum Gasteiger partial charge on any atom is -0.376 e. The lowest BCUT2D eigenvalue weighted by molar-refractivity contribution is 0.0394. The molecular weight excluding hydrogens is 242 g/mol. The van der Waals surface area contributed by atoms with Crippen molar-refractivity contribution in [1.82, 2.24) is 15.1 Å². The summed E-state index contributed by atoms with van der Waals surface area (Å²) in [5, 5.41) is 19.9. The molecule has 0 spiro atoms. The van der Waals surface area contributed by atoms with Gasteiger partial charge < -0.3 is 15.4 Å². The number of hydrogen-bond donors (Lipinski definition) is 2. The van der Waals surface area contributed by atoms with Crippen molar-refractivity contribution in [1.29, 1.82) is 5.26 Å². The SMILES string of the molecule is Cc1nn(C)c(NCCOC2CCNCC2)c1C#N. The predicted octanol–water partition coefficient (Wildman–Crippen LogP) is 0.781. The molecule has 2 N–H and O–H groups in total. The smallest absolute Gasteiger partial charge is 0.142 e. The Labute approximate surface area is 113 Å². The minimum atomic E-state index is 0.367. The van der Waals surface area contributed by atoms with Crippen LogP contribution in [0.4, 0.5) is 5.82 Å². The first-order valence-corrected chi connectivity index (χ1v) is 6.72. The zero-order chi connectivity index (χ0) is 13.7. The molecule has 6 nitrogen and oxygen atoms in total. The molecule has 19 heavy (non-hydrogen) atoms. The van der Waals surface area contributed by atoms with E-state index in [9.17, 15) is 0 Å². The van der Waals surface area contributed by atoms with Gasteiger partial charge in [-0.2, -0.15) is 10.4 Å². The van der Waals surface area contributed by atoms with Gasteiger partial charge in [0.15, 0.2) is 0 Å². The van der Waals surface area contributed by atoms with E-state index in [2.05, 4.69) is 21.8 Å². The van der Waals surface area contributed by atoms with Crippen LogP contribution in [-0.2, 0) is 11.8 Å². The fourth-order valence-electron chi connectivity index (χ4n) is 2.35. The first-order chi connectivity index (χ1) is 9.22. The summed E-state index contributed by atoms with van der Waals surface area (Å²) in [4.78, 5) is 0. The molecule has 1 aromatic rings. The van der Waals surface area contributed by atoms with Crippen molar-refractivity contribution in [2.24, 2.45) is 7.05 Å². The Bertz CT molecular complexity index is 456. The van der Waals surface area contributed by atoms with Gasteiger partial charge in [0, 0.05) is 13.6 Å². The lowest BCUT2D eigenvalue weighted by Crippen LogP contribution is -2.33. The van der Waals surface area contributed by atoms with E-state index in [0.717, 1.165) is 37.4 Å². The lowest BCUT2D eigenvalue weighted by Gasteiger charge is -2.23. The van der Waals surface area contributed by atoms with Crippen molar-refractivity contribution in [2.75, 3.05) is 31.6 Å². The van der Waals surface area contributed by atoms with Crippen LogP contribution in [-0.4, -0.2) is 42.1 Å². The van der Waals surface area contributed by atoms with Crippen molar-refractivity contribution >= 4 is 5.82 Å². The van der Waals surface area contributed by atoms with Gasteiger partial charge in [-0.1, -0.05) is 0 Å². The fourth-order valence-corrected chi connectivity index (χ4v) is 2.35. The molecule has 1 aliphatic heterocycles. The van der Waals surface area contributed by atoms with Gasteiger partial charge in [-0.05, 0) is 32.9 Å². The van der Waals surface area contributed by atoms with Crippen LogP contribution in [0.5, 0.6) is 0 Å². The Kier molecular flexibility index (Phi) is 4.77. The standard InChI is InChI=1S/C13H21N5O/c1-10-12(9-14)13(18(2)17-10)16-7-8-19-11-3-5-15-6-4-11/h11,15-16H,3-8H2,1-2H3. The maximum atomic E-state index is 9.09. The van der Waals surface area contributed by atoms with Crippen LogP contribution in [0.15, 0.2) is 0 Å². The van der Waals surface area contributed by atoms with E-state index in [1.807, 2.05) is 14.0 Å². The molecule has 0 unspecified atom stereocenters. The van der Waals surface area contributed by atoms with Gasteiger partial charge >= 0.3 is 0 Å². The molecule has 6 heteroatoms. The summed E-state index contributed by atoms with van der Waals surface area (Å²) in [5.41, 5.74) is 1.37. The van der Waals surface area contributed by atoms with E-state index in [4.69, 9.17) is 10.00 Å². The summed E-state index contributed by atoms with van der Waals surface area (Å²) in [6, 6.07) is 2.18. The fraction of sp³-hybridized carbons (Fsp3) is 0.692. The minimum absolute atomic E-state index is 0.367. The Balaban J connectivity index is 1.78. The third-order valence-corrected chi connectivity index (χ3v) is 3.37. The molecule has 1 aromatic heterocycles. The summed E-state index contributed by atoms with van der Waals surface area (Å²) in [6.45, 7) is 5.27. The Morgan fingerprint density at radius 2 is 2.26 bits per heavy atom. The Morgan fingerprint density at radius 3 is 2.95 bits per heavy atom. The average molecular weight is 263 g/mol. The van der Waals surface area contributed by atoms with Crippen LogP contribution in [0.1, 0.15) is 24.1 Å². The molecule has 1 fully saturated rings. The van der Waals surface area contributed by atoms with Crippen LogP contribution < -0.4 is 10.6 Å². The van der Waals surface area contributed by atoms with Crippen molar-refractivity contribution in [3.8, 4) is 6.07 Å². The molecule has 0 radical (unpaired) electrons. The number of rotatable bonds is 5. The molecular formula is C13H21N5O. The van der Waals surface area contributed by atoms with Gasteiger partial charge in [-0.15, -0.1) is 0 Å². The van der Waals surface area contributed by atoms with E-state index in [-0.39, 0.29) is 0 Å². The monoisotopic (exact) mass is 263 g/mol. The number of anilines is 1. The molecule has 0 saturated carbocycles. The highest BCUT2D eigenvalue weighted by molar-refractivity contribution is 5.54. The van der Waals surface area contributed by atoms with E-state index in [1.54, 1.807) is 4.68 Å². The van der Waals surface area contributed by atoms with Gasteiger partial charge in [0.1, 0.15) is 17.5 Å². The third kappa shape index (κ3) is 3.46. The second-order valence-corrected chi connectivity index (χ2v) is 4.79. The van der Waals surface area contributed by atoms with Crippen molar-refractivity contribution in [2.45, 2.75) is 25.9 Å². The van der Waals surface area contributed by atoms with E-state index < -0.39 is 0 Å². The number of ether oxygens (including phenoxy) is 1. The second-order valence-electron chi connectivity index (χ2n) is 4.79. The molecule has 0 aromatic carbocycles. The zero-order valence-corrected chi connectivity index (χ0v) is 11.6. The predicted molar refractivity (Wildman–Crippen MR) is 73.0 cm³/mol. The average Bonchev–Trinajstić information content (AvgIpc) is 2.70. The zero-order valence-electron chi connectivity index (χ0n) is 11.6. The number of piperidine rings is 1. The normalized spacial score (nSPS) is 16.3. The summed E-state index contributed by atoms with van der Waals surface area (Å²) in [7, 11) is 1.84. The number of nitrogens with one attached hydrogen (secondary N) is 2. The molecule has 104 valence electrons. The van der Waals surface area contributed by atoms with Crippen molar-refractivity contribution in [3.05, 3.63) is 11.3 Å². The van der Waals surface area contributed by atoms with Gasteiger partial charge in [0.2, 0.25) is 0 Å². The quantitative estimate of drug-likeness (QED) is 0.768. The maximum Gasteiger partial charge on any atom is 0.142 e. The number of hydrogen-bond acceptors (Lipinski definition) is 5. The molecule has 0 amide bonds. The van der Waals surface area contributed by atoms with E-state index in [0.29, 0.717) is 24.8 Å². The van der Waals surface area contributed by atoms with E-state index >= 15 is 0 Å². The number of aryl methyl sites for hydroxylation is 2. The topological polar surface area (TPSA) is 74.9 Å². The van der Waals surface area contributed by atoms with Crippen molar-refractivity contribution < 1.29 is 4.74 Å². The maximum absolute atomic E-state index is 9.09. The second kappa shape index (κ2) is 6.55. The Hall–Kier alpha value is -1.58. The summed E-state index contributed by atoms with van der Waals surface area (Å²) < 4.78 is 7.52. The van der Waals surface area contributed by atoms with Crippen molar-refractivity contribution in [3.63, 3.8) is 0 Å². The first-order valence-electron chi connectivity index (χ1n) is 6.72. The lowest BCUT2D eigenvalue weighted by atomic mass is 10.1. The van der Waals surface area contributed by atoms with Crippen LogP contribution in [0.2, 0.25) is 0 Å². The molecule has 2 heterocycles. The molecule has 0 atom stereocenters.